The standard InChI is InChI=1S/C19H19N3O2S/c1-12-3-6-15(9-13(12)2)21-18(23)10-24-16-7-4-14(5-8-16)17-11-25-19(20)22-17/h3-9,11H,10H2,1-2H3,(H2,20,22)(H,21,23). The van der Waals surface area contributed by atoms with Crippen LogP contribution in [0.1, 0.15) is 11.1 Å². The fourth-order valence-electron chi connectivity index (χ4n) is 2.31. The summed E-state index contributed by atoms with van der Waals surface area (Å²) >= 11 is 1.40. The number of carbonyl (C=O) groups excluding carboxylic acids is 1. The molecule has 1 heterocycles. The van der Waals surface area contributed by atoms with Crippen LogP contribution in [-0.4, -0.2) is 17.5 Å². The molecule has 0 saturated carbocycles. The molecule has 0 saturated heterocycles. The zero-order valence-electron chi connectivity index (χ0n) is 14.1. The van der Waals surface area contributed by atoms with Gasteiger partial charge in [-0.25, -0.2) is 4.98 Å². The third kappa shape index (κ3) is 4.36. The number of nitrogens with zero attached hydrogens (tertiary/aromatic N) is 1. The molecule has 0 aliphatic heterocycles. The van der Waals surface area contributed by atoms with Gasteiger partial charge in [-0.1, -0.05) is 6.07 Å². The molecule has 0 radical (unpaired) electrons. The molecule has 0 aliphatic rings. The van der Waals surface area contributed by atoms with E-state index in [0.717, 1.165) is 22.5 Å². The van der Waals surface area contributed by atoms with E-state index >= 15 is 0 Å². The van der Waals surface area contributed by atoms with Crippen LogP contribution in [0, 0.1) is 13.8 Å². The third-order valence-corrected chi connectivity index (χ3v) is 4.51. The number of hydrogen-bond donors (Lipinski definition) is 2. The van der Waals surface area contributed by atoms with Crippen LogP contribution in [0.4, 0.5) is 10.8 Å². The Labute approximate surface area is 150 Å². The second-order valence-corrected chi connectivity index (χ2v) is 6.62. The Morgan fingerprint density at radius 3 is 2.56 bits per heavy atom. The number of nitrogens with one attached hydrogen (secondary N) is 1. The smallest absolute Gasteiger partial charge is 0.262 e. The summed E-state index contributed by atoms with van der Waals surface area (Å²) in [5.74, 6) is 0.432. The molecule has 3 N–H and O–H groups in total. The molecule has 6 heteroatoms. The molecule has 2 aromatic carbocycles. The lowest BCUT2D eigenvalue weighted by Crippen LogP contribution is -2.20. The number of amides is 1. The van der Waals surface area contributed by atoms with E-state index in [9.17, 15) is 4.79 Å². The van der Waals surface area contributed by atoms with Crippen LogP contribution in [0.3, 0.4) is 0 Å². The highest BCUT2D eigenvalue weighted by atomic mass is 32.1. The highest BCUT2D eigenvalue weighted by Crippen LogP contribution is 2.25. The maximum atomic E-state index is 12.0. The zero-order chi connectivity index (χ0) is 17.8. The van der Waals surface area contributed by atoms with Crippen molar-refractivity contribution in [3.63, 3.8) is 0 Å². The fourth-order valence-corrected chi connectivity index (χ4v) is 2.88. The largest absolute Gasteiger partial charge is 0.484 e. The molecule has 3 aromatic rings. The number of hydrogen-bond acceptors (Lipinski definition) is 5. The number of anilines is 2. The molecular formula is C19H19N3O2S. The van der Waals surface area contributed by atoms with Crippen molar-refractivity contribution in [3.05, 3.63) is 59.0 Å². The number of thiazole rings is 1. The number of benzene rings is 2. The minimum absolute atomic E-state index is 0.0457. The molecule has 0 bridgehead atoms. The van der Waals surface area contributed by atoms with Gasteiger partial charge in [-0.05, 0) is 61.4 Å². The quantitative estimate of drug-likeness (QED) is 0.726. The van der Waals surface area contributed by atoms with Crippen LogP contribution >= 0.6 is 11.3 Å². The molecule has 0 unspecified atom stereocenters. The van der Waals surface area contributed by atoms with Gasteiger partial charge in [0.1, 0.15) is 5.75 Å². The van der Waals surface area contributed by atoms with Gasteiger partial charge in [-0.15, -0.1) is 11.3 Å². The van der Waals surface area contributed by atoms with Crippen molar-refractivity contribution in [2.24, 2.45) is 0 Å². The second-order valence-electron chi connectivity index (χ2n) is 5.73. The van der Waals surface area contributed by atoms with Crippen LogP contribution in [0.15, 0.2) is 47.8 Å². The number of nitrogens with two attached hydrogens (primary N) is 1. The fraction of sp³-hybridized carbons (Fsp3) is 0.158. The molecule has 25 heavy (non-hydrogen) atoms. The molecule has 0 aliphatic carbocycles. The van der Waals surface area contributed by atoms with Gasteiger partial charge >= 0.3 is 0 Å². The van der Waals surface area contributed by atoms with Crippen LogP contribution in [0.5, 0.6) is 5.75 Å². The lowest BCUT2D eigenvalue weighted by Gasteiger charge is -2.09. The Balaban J connectivity index is 1.55. The van der Waals surface area contributed by atoms with Crippen molar-refractivity contribution >= 4 is 28.1 Å². The molecule has 1 amide bonds. The van der Waals surface area contributed by atoms with Crippen molar-refractivity contribution in [1.29, 1.82) is 0 Å². The Morgan fingerprint density at radius 2 is 1.92 bits per heavy atom. The van der Waals surface area contributed by atoms with E-state index in [1.807, 2.05) is 61.7 Å². The summed E-state index contributed by atoms with van der Waals surface area (Å²) in [5.41, 5.74) is 10.5. The monoisotopic (exact) mass is 353 g/mol. The van der Waals surface area contributed by atoms with E-state index in [0.29, 0.717) is 10.9 Å². The normalized spacial score (nSPS) is 10.5. The summed E-state index contributed by atoms with van der Waals surface area (Å²) in [6.45, 7) is 4.00. The van der Waals surface area contributed by atoms with E-state index < -0.39 is 0 Å². The van der Waals surface area contributed by atoms with Crippen molar-refractivity contribution in [3.8, 4) is 17.0 Å². The van der Waals surface area contributed by atoms with E-state index in [1.165, 1.54) is 16.9 Å². The maximum Gasteiger partial charge on any atom is 0.262 e. The summed E-state index contributed by atoms with van der Waals surface area (Å²) in [5, 5.41) is 5.28. The predicted octanol–water partition coefficient (Wildman–Crippen LogP) is 4.03. The Bertz CT molecular complexity index is 888. The maximum absolute atomic E-state index is 12.0. The number of aryl methyl sites for hydroxylation is 2. The molecule has 128 valence electrons. The lowest BCUT2D eigenvalue weighted by molar-refractivity contribution is -0.118. The van der Waals surface area contributed by atoms with Crippen LogP contribution in [-0.2, 0) is 4.79 Å². The van der Waals surface area contributed by atoms with Gasteiger partial charge in [0.05, 0.1) is 5.69 Å². The molecule has 1 aromatic heterocycles. The van der Waals surface area contributed by atoms with Gasteiger partial charge in [0.2, 0.25) is 0 Å². The summed E-state index contributed by atoms with van der Waals surface area (Å²) in [7, 11) is 0. The van der Waals surface area contributed by atoms with Gasteiger partial charge in [0.15, 0.2) is 11.7 Å². The topological polar surface area (TPSA) is 77.2 Å². The molecule has 0 atom stereocenters. The molecular weight excluding hydrogens is 334 g/mol. The minimum Gasteiger partial charge on any atom is -0.484 e. The van der Waals surface area contributed by atoms with Gasteiger partial charge in [0.25, 0.3) is 5.91 Å². The summed E-state index contributed by atoms with van der Waals surface area (Å²) in [4.78, 5) is 16.3. The second kappa shape index (κ2) is 7.36. The average molecular weight is 353 g/mol. The Kier molecular flexibility index (Phi) is 5.00. The van der Waals surface area contributed by atoms with Gasteiger partial charge in [-0.2, -0.15) is 0 Å². The highest BCUT2D eigenvalue weighted by molar-refractivity contribution is 7.13. The highest BCUT2D eigenvalue weighted by Gasteiger charge is 2.06. The van der Waals surface area contributed by atoms with E-state index in [2.05, 4.69) is 10.3 Å². The summed E-state index contributed by atoms with van der Waals surface area (Å²) in [6, 6.07) is 13.2. The summed E-state index contributed by atoms with van der Waals surface area (Å²) in [6.07, 6.45) is 0. The number of nitrogen functional groups attached to an aromatic ring is 1. The third-order valence-electron chi connectivity index (χ3n) is 3.83. The van der Waals surface area contributed by atoms with E-state index in [-0.39, 0.29) is 12.5 Å². The lowest BCUT2D eigenvalue weighted by atomic mass is 10.1. The van der Waals surface area contributed by atoms with E-state index in [4.69, 9.17) is 10.5 Å². The Hall–Kier alpha value is -2.86. The Morgan fingerprint density at radius 1 is 1.16 bits per heavy atom. The zero-order valence-corrected chi connectivity index (χ0v) is 14.9. The van der Waals surface area contributed by atoms with Crippen LogP contribution < -0.4 is 15.8 Å². The number of aromatic nitrogens is 1. The summed E-state index contributed by atoms with van der Waals surface area (Å²) < 4.78 is 5.54. The van der Waals surface area contributed by atoms with E-state index in [1.54, 1.807) is 0 Å². The first-order valence-corrected chi connectivity index (χ1v) is 8.70. The first kappa shape index (κ1) is 17.0. The molecule has 3 rings (SSSR count). The molecule has 5 nitrogen and oxygen atoms in total. The van der Waals surface area contributed by atoms with Crippen LogP contribution in [0.2, 0.25) is 0 Å². The minimum atomic E-state index is -0.195. The first-order chi connectivity index (χ1) is 12.0. The number of ether oxygens (including phenoxy) is 1. The average Bonchev–Trinajstić information content (AvgIpc) is 3.03. The molecule has 0 fully saturated rings. The van der Waals surface area contributed by atoms with Crippen LogP contribution in [0.25, 0.3) is 11.3 Å². The first-order valence-electron chi connectivity index (χ1n) is 7.82. The van der Waals surface area contributed by atoms with Crippen molar-refractivity contribution in [2.75, 3.05) is 17.7 Å². The van der Waals surface area contributed by atoms with Gasteiger partial charge in [0, 0.05) is 16.6 Å². The number of rotatable bonds is 5. The predicted molar refractivity (Wildman–Crippen MR) is 102 cm³/mol. The number of carbonyl (C=O) groups is 1. The SMILES string of the molecule is Cc1ccc(NC(=O)COc2ccc(-c3csc(N)n3)cc2)cc1C. The van der Waals surface area contributed by atoms with Gasteiger partial charge in [-0.3, -0.25) is 4.79 Å². The van der Waals surface area contributed by atoms with Gasteiger partial charge < -0.3 is 15.8 Å². The van der Waals surface area contributed by atoms with Crippen molar-refractivity contribution < 1.29 is 9.53 Å². The van der Waals surface area contributed by atoms with Crippen molar-refractivity contribution in [1.82, 2.24) is 4.98 Å². The van der Waals surface area contributed by atoms with Crippen molar-refractivity contribution in [2.45, 2.75) is 13.8 Å². The molecule has 0 spiro atoms.